The van der Waals surface area contributed by atoms with Crippen molar-refractivity contribution < 1.29 is 23.9 Å². The molecule has 8 nitrogen and oxygen atoms in total. The van der Waals surface area contributed by atoms with Crippen LogP contribution in [0.1, 0.15) is 22.8 Å². The number of hydrogen-bond donors (Lipinski definition) is 2. The molecular formula is C24H19Cl2N3O5. The summed E-state index contributed by atoms with van der Waals surface area (Å²) in [5.41, 5.74) is 3.24. The SMILES string of the molecule is CCOc1cc(C=NNC(=O)C(=O)Nc2cccc(Cl)c2Cl)ccc1OC(=O)c1ccccc1. The molecule has 3 rings (SSSR count). The first-order chi connectivity index (χ1) is 16.4. The molecule has 174 valence electrons. The van der Waals surface area contributed by atoms with Gasteiger partial charge in [0, 0.05) is 0 Å². The number of amides is 2. The number of hydrogen-bond acceptors (Lipinski definition) is 6. The van der Waals surface area contributed by atoms with E-state index in [1.807, 2.05) is 0 Å². The van der Waals surface area contributed by atoms with Crippen molar-refractivity contribution in [1.29, 1.82) is 0 Å². The van der Waals surface area contributed by atoms with E-state index in [4.69, 9.17) is 32.7 Å². The van der Waals surface area contributed by atoms with Crippen molar-refractivity contribution >= 4 is 52.9 Å². The van der Waals surface area contributed by atoms with Gasteiger partial charge in [-0.2, -0.15) is 5.10 Å². The molecule has 2 amide bonds. The van der Waals surface area contributed by atoms with Gasteiger partial charge in [-0.15, -0.1) is 0 Å². The number of halogens is 2. The molecular weight excluding hydrogens is 481 g/mol. The van der Waals surface area contributed by atoms with Gasteiger partial charge in [-0.25, -0.2) is 10.2 Å². The number of carbonyl (C=O) groups is 3. The molecule has 2 N–H and O–H groups in total. The molecule has 0 aliphatic rings. The molecule has 0 saturated carbocycles. The fraction of sp³-hybridized carbons (Fsp3) is 0.0833. The number of benzene rings is 3. The second-order valence-electron chi connectivity index (χ2n) is 6.65. The zero-order valence-corrected chi connectivity index (χ0v) is 19.4. The lowest BCUT2D eigenvalue weighted by atomic mass is 10.2. The summed E-state index contributed by atoms with van der Waals surface area (Å²) in [6.07, 6.45) is 1.31. The van der Waals surface area contributed by atoms with E-state index in [9.17, 15) is 14.4 Å². The Kier molecular flexibility index (Phi) is 8.61. The van der Waals surface area contributed by atoms with Gasteiger partial charge in [-0.05, 0) is 55.0 Å². The second-order valence-corrected chi connectivity index (χ2v) is 7.43. The van der Waals surface area contributed by atoms with Gasteiger partial charge in [-0.1, -0.05) is 47.5 Å². The Morgan fingerprint density at radius 2 is 1.71 bits per heavy atom. The van der Waals surface area contributed by atoms with E-state index in [0.29, 0.717) is 23.5 Å². The third kappa shape index (κ3) is 6.57. The average Bonchev–Trinajstić information content (AvgIpc) is 2.84. The molecule has 3 aromatic carbocycles. The van der Waals surface area contributed by atoms with E-state index in [1.54, 1.807) is 67.6 Å². The fourth-order valence-corrected chi connectivity index (χ4v) is 3.03. The van der Waals surface area contributed by atoms with Gasteiger partial charge in [0.25, 0.3) is 0 Å². The number of rotatable bonds is 7. The van der Waals surface area contributed by atoms with Crippen LogP contribution in [0.4, 0.5) is 5.69 Å². The van der Waals surface area contributed by atoms with Crippen LogP contribution in [0.2, 0.25) is 10.0 Å². The van der Waals surface area contributed by atoms with E-state index < -0.39 is 17.8 Å². The summed E-state index contributed by atoms with van der Waals surface area (Å²) in [6.45, 7) is 2.12. The summed E-state index contributed by atoms with van der Waals surface area (Å²) in [5, 5.41) is 6.48. The zero-order chi connectivity index (χ0) is 24.5. The molecule has 0 radical (unpaired) electrons. The topological polar surface area (TPSA) is 106 Å². The lowest BCUT2D eigenvalue weighted by molar-refractivity contribution is -0.136. The molecule has 34 heavy (non-hydrogen) atoms. The maximum absolute atomic E-state index is 12.3. The molecule has 3 aromatic rings. The largest absolute Gasteiger partial charge is 0.490 e. The highest BCUT2D eigenvalue weighted by Crippen LogP contribution is 2.30. The third-order valence-electron chi connectivity index (χ3n) is 4.27. The van der Waals surface area contributed by atoms with Crippen molar-refractivity contribution in [1.82, 2.24) is 5.43 Å². The molecule has 0 bridgehead atoms. The van der Waals surface area contributed by atoms with Crippen LogP contribution in [0.15, 0.2) is 71.8 Å². The van der Waals surface area contributed by atoms with Crippen LogP contribution in [-0.2, 0) is 9.59 Å². The van der Waals surface area contributed by atoms with Gasteiger partial charge >= 0.3 is 17.8 Å². The first kappa shape index (κ1) is 24.8. The van der Waals surface area contributed by atoms with Crippen LogP contribution in [0, 0.1) is 0 Å². The van der Waals surface area contributed by atoms with E-state index in [-0.39, 0.29) is 21.5 Å². The van der Waals surface area contributed by atoms with Crippen LogP contribution >= 0.6 is 23.2 Å². The minimum atomic E-state index is -1.01. The Morgan fingerprint density at radius 1 is 0.941 bits per heavy atom. The van der Waals surface area contributed by atoms with E-state index in [2.05, 4.69) is 15.8 Å². The van der Waals surface area contributed by atoms with Crippen molar-refractivity contribution in [3.63, 3.8) is 0 Å². The molecule has 10 heteroatoms. The van der Waals surface area contributed by atoms with Gasteiger partial charge in [-0.3, -0.25) is 9.59 Å². The van der Waals surface area contributed by atoms with Gasteiger partial charge in [0.15, 0.2) is 11.5 Å². The summed E-state index contributed by atoms with van der Waals surface area (Å²) < 4.78 is 11.0. The van der Waals surface area contributed by atoms with Crippen LogP contribution in [0.3, 0.4) is 0 Å². The summed E-state index contributed by atoms with van der Waals surface area (Å²) in [5.74, 6) is -1.96. The molecule has 0 aliphatic heterocycles. The molecule has 0 aliphatic carbocycles. The third-order valence-corrected chi connectivity index (χ3v) is 5.08. The molecule has 0 spiro atoms. The highest BCUT2D eigenvalue weighted by Gasteiger charge is 2.16. The normalized spacial score (nSPS) is 10.6. The summed E-state index contributed by atoms with van der Waals surface area (Å²) >= 11 is 11.9. The minimum absolute atomic E-state index is 0.116. The van der Waals surface area contributed by atoms with Gasteiger partial charge in [0.1, 0.15) is 0 Å². The van der Waals surface area contributed by atoms with Crippen molar-refractivity contribution in [2.75, 3.05) is 11.9 Å². The Balaban J connectivity index is 1.64. The standard InChI is InChI=1S/C24H19Cl2N3O5/c1-2-33-20-13-15(11-12-19(20)34-24(32)16-7-4-3-5-8-16)14-27-29-23(31)22(30)28-18-10-6-9-17(25)21(18)26/h3-14H,2H2,1H3,(H,28,30)(H,29,31). The smallest absolute Gasteiger partial charge is 0.343 e. The molecule has 0 atom stereocenters. The Bertz CT molecular complexity index is 1230. The predicted octanol–water partition coefficient (Wildman–Crippen LogP) is 4.70. The van der Waals surface area contributed by atoms with Crippen molar-refractivity contribution in [3.8, 4) is 11.5 Å². The quantitative estimate of drug-likeness (QED) is 0.161. The minimum Gasteiger partial charge on any atom is -0.490 e. The van der Waals surface area contributed by atoms with E-state index >= 15 is 0 Å². The molecule has 0 fully saturated rings. The maximum Gasteiger partial charge on any atom is 0.343 e. The predicted molar refractivity (Wildman–Crippen MR) is 130 cm³/mol. The molecule has 0 unspecified atom stereocenters. The van der Waals surface area contributed by atoms with Gasteiger partial charge in [0.2, 0.25) is 0 Å². The monoisotopic (exact) mass is 499 g/mol. The Morgan fingerprint density at radius 3 is 2.44 bits per heavy atom. The zero-order valence-electron chi connectivity index (χ0n) is 17.9. The number of carbonyl (C=O) groups excluding carboxylic acids is 3. The van der Waals surface area contributed by atoms with Crippen LogP contribution in [0.5, 0.6) is 11.5 Å². The number of ether oxygens (including phenoxy) is 2. The maximum atomic E-state index is 12.3. The number of esters is 1. The number of anilines is 1. The summed E-state index contributed by atoms with van der Waals surface area (Å²) in [6, 6.07) is 17.9. The average molecular weight is 500 g/mol. The summed E-state index contributed by atoms with van der Waals surface area (Å²) in [4.78, 5) is 36.4. The molecule has 0 heterocycles. The highest BCUT2D eigenvalue weighted by molar-refractivity contribution is 6.45. The van der Waals surface area contributed by atoms with E-state index in [1.165, 1.54) is 12.3 Å². The molecule has 0 aromatic heterocycles. The van der Waals surface area contributed by atoms with Gasteiger partial charge in [0.05, 0.1) is 34.1 Å². The number of hydrazone groups is 1. The fourth-order valence-electron chi connectivity index (χ4n) is 2.69. The lowest BCUT2D eigenvalue weighted by Gasteiger charge is -2.11. The Labute approximate surface area is 205 Å². The second kappa shape index (κ2) is 11.8. The van der Waals surface area contributed by atoms with Gasteiger partial charge < -0.3 is 14.8 Å². The molecule has 0 saturated heterocycles. The lowest BCUT2D eigenvalue weighted by Crippen LogP contribution is -2.32. The van der Waals surface area contributed by atoms with Crippen LogP contribution < -0.4 is 20.2 Å². The van der Waals surface area contributed by atoms with Crippen molar-refractivity contribution in [2.45, 2.75) is 6.92 Å². The Hall–Kier alpha value is -3.88. The first-order valence-corrected chi connectivity index (χ1v) is 10.8. The number of nitrogens with zero attached hydrogens (tertiary/aromatic N) is 1. The van der Waals surface area contributed by atoms with Crippen LogP contribution in [-0.4, -0.2) is 30.6 Å². The first-order valence-electron chi connectivity index (χ1n) is 10.0. The van der Waals surface area contributed by atoms with Crippen LogP contribution in [0.25, 0.3) is 0 Å². The van der Waals surface area contributed by atoms with Crippen molar-refractivity contribution in [3.05, 3.63) is 87.9 Å². The number of nitrogens with one attached hydrogen (secondary N) is 2. The highest BCUT2D eigenvalue weighted by atomic mass is 35.5. The summed E-state index contributed by atoms with van der Waals surface area (Å²) in [7, 11) is 0. The van der Waals surface area contributed by atoms with E-state index in [0.717, 1.165) is 0 Å². The van der Waals surface area contributed by atoms with Crippen molar-refractivity contribution in [2.24, 2.45) is 5.10 Å².